The molecule has 0 aromatic heterocycles. The Bertz CT molecular complexity index is 266. The second kappa shape index (κ2) is 5.35. The van der Waals surface area contributed by atoms with Crippen molar-refractivity contribution in [3.05, 3.63) is 11.6 Å². The summed E-state index contributed by atoms with van der Waals surface area (Å²) in [5, 5.41) is 8.81. The van der Waals surface area contributed by atoms with Crippen LogP contribution in [0.2, 0.25) is 0 Å². The van der Waals surface area contributed by atoms with E-state index in [1.807, 2.05) is 6.08 Å². The Labute approximate surface area is 93.2 Å². The lowest BCUT2D eigenvalue weighted by Crippen LogP contribution is -2.22. The molecular formula is C14H21N. The standard InChI is InChI=1S/C14H21N/c15-11-10-13-8-4-5-9-14(13)12-6-2-1-3-7-12/h10,12,14H,1-9H2. The molecule has 0 bridgehead atoms. The fraction of sp³-hybridized carbons (Fsp3) is 0.786. The van der Waals surface area contributed by atoms with Crippen LogP contribution >= 0.6 is 0 Å². The number of allylic oxidation sites excluding steroid dienone is 2. The van der Waals surface area contributed by atoms with Crippen LogP contribution in [0.25, 0.3) is 0 Å². The van der Waals surface area contributed by atoms with E-state index in [1.54, 1.807) is 0 Å². The van der Waals surface area contributed by atoms with Gasteiger partial charge in [-0.25, -0.2) is 0 Å². The monoisotopic (exact) mass is 203 g/mol. The van der Waals surface area contributed by atoms with Gasteiger partial charge < -0.3 is 0 Å². The summed E-state index contributed by atoms with van der Waals surface area (Å²) in [6.07, 6.45) is 14.1. The van der Waals surface area contributed by atoms with Gasteiger partial charge in [-0.05, 0) is 43.9 Å². The lowest BCUT2D eigenvalue weighted by molar-refractivity contribution is 0.243. The fourth-order valence-corrected chi connectivity index (χ4v) is 3.40. The van der Waals surface area contributed by atoms with E-state index in [1.165, 1.54) is 63.4 Å². The minimum absolute atomic E-state index is 0.763. The number of hydrogen-bond acceptors (Lipinski definition) is 1. The maximum atomic E-state index is 8.81. The van der Waals surface area contributed by atoms with Gasteiger partial charge in [-0.3, -0.25) is 0 Å². The van der Waals surface area contributed by atoms with E-state index in [-0.39, 0.29) is 0 Å². The van der Waals surface area contributed by atoms with Gasteiger partial charge in [0.2, 0.25) is 0 Å². The third-order valence-corrected chi connectivity index (χ3v) is 4.18. The smallest absolute Gasteiger partial charge is 0.0911 e. The van der Waals surface area contributed by atoms with E-state index in [2.05, 4.69) is 6.07 Å². The van der Waals surface area contributed by atoms with Crippen molar-refractivity contribution < 1.29 is 0 Å². The molecule has 1 nitrogen and oxygen atoms in total. The summed E-state index contributed by atoms with van der Waals surface area (Å²) in [7, 11) is 0. The van der Waals surface area contributed by atoms with E-state index in [0.717, 1.165) is 11.8 Å². The highest BCUT2D eigenvalue weighted by Gasteiger charge is 2.28. The number of nitriles is 1. The zero-order chi connectivity index (χ0) is 10.5. The van der Waals surface area contributed by atoms with E-state index >= 15 is 0 Å². The highest BCUT2D eigenvalue weighted by atomic mass is 14.3. The Morgan fingerprint density at radius 3 is 2.47 bits per heavy atom. The first-order valence-corrected chi connectivity index (χ1v) is 6.50. The second-order valence-electron chi connectivity index (χ2n) is 5.10. The van der Waals surface area contributed by atoms with Gasteiger partial charge in [-0.1, -0.05) is 31.3 Å². The fourth-order valence-electron chi connectivity index (χ4n) is 3.40. The Morgan fingerprint density at radius 2 is 1.73 bits per heavy atom. The molecule has 2 aliphatic rings. The van der Waals surface area contributed by atoms with Crippen molar-refractivity contribution in [3.63, 3.8) is 0 Å². The van der Waals surface area contributed by atoms with Crippen LogP contribution in [-0.4, -0.2) is 0 Å². The van der Waals surface area contributed by atoms with Crippen LogP contribution in [0.3, 0.4) is 0 Å². The normalized spacial score (nSPS) is 31.4. The Balaban J connectivity index is 2.03. The number of rotatable bonds is 1. The molecule has 2 saturated carbocycles. The summed E-state index contributed by atoms with van der Waals surface area (Å²) in [6, 6.07) is 2.24. The SMILES string of the molecule is N#CC=C1CCCCC1C1CCCCC1. The predicted octanol–water partition coefficient (Wildman–Crippen LogP) is 4.21. The van der Waals surface area contributed by atoms with Crippen LogP contribution < -0.4 is 0 Å². The van der Waals surface area contributed by atoms with Crippen LogP contribution in [0.5, 0.6) is 0 Å². The van der Waals surface area contributed by atoms with Crippen LogP contribution in [0.15, 0.2) is 11.6 Å². The van der Waals surface area contributed by atoms with Gasteiger partial charge in [0.05, 0.1) is 6.07 Å². The summed E-state index contributed by atoms with van der Waals surface area (Å²) in [4.78, 5) is 0. The summed E-state index contributed by atoms with van der Waals surface area (Å²) >= 11 is 0. The molecule has 15 heavy (non-hydrogen) atoms. The van der Waals surface area contributed by atoms with Gasteiger partial charge in [0, 0.05) is 6.08 Å². The maximum Gasteiger partial charge on any atom is 0.0911 e. The lowest BCUT2D eigenvalue weighted by Gasteiger charge is -2.34. The molecule has 0 spiro atoms. The molecule has 0 N–H and O–H groups in total. The molecule has 0 amide bonds. The van der Waals surface area contributed by atoms with Gasteiger partial charge in [-0.15, -0.1) is 0 Å². The van der Waals surface area contributed by atoms with Gasteiger partial charge in [0.25, 0.3) is 0 Å². The largest absolute Gasteiger partial charge is 0.193 e. The summed E-state index contributed by atoms with van der Waals surface area (Å²) in [6.45, 7) is 0. The molecule has 2 rings (SSSR count). The molecule has 0 aliphatic heterocycles. The molecular weight excluding hydrogens is 182 g/mol. The zero-order valence-corrected chi connectivity index (χ0v) is 9.54. The van der Waals surface area contributed by atoms with Crippen LogP contribution in [-0.2, 0) is 0 Å². The van der Waals surface area contributed by atoms with Crippen LogP contribution in [0.4, 0.5) is 0 Å². The first kappa shape index (κ1) is 10.7. The molecule has 0 aromatic rings. The molecule has 2 aliphatic carbocycles. The highest BCUT2D eigenvalue weighted by Crippen LogP contribution is 2.40. The average molecular weight is 203 g/mol. The average Bonchev–Trinajstić information content (AvgIpc) is 2.31. The molecule has 1 atom stereocenters. The topological polar surface area (TPSA) is 23.8 Å². The maximum absolute atomic E-state index is 8.81. The van der Waals surface area contributed by atoms with Crippen molar-refractivity contribution in [1.29, 1.82) is 5.26 Å². The van der Waals surface area contributed by atoms with E-state index in [0.29, 0.717) is 0 Å². The van der Waals surface area contributed by atoms with E-state index < -0.39 is 0 Å². The van der Waals surface area contributed by atoms with E-state index in [4.69, 9.17) is 5.26 Å². The highest BCUT2D eigenvalue weighted by molar-refractivity contribution is 5.18. The Kier molecular flexibility index (Phi) is 3.83. The van der Waals surface area contributed by atoms with Crippen molar-refractivity contribution >= 4 is 0 Å². The quantitative estimate of drug-likeness (QED) is 0.586. The molecule has 82 valence electrons. The summed E-state index contributed by atoms with van der Waals surface area (Å²) in [5.41, 5.74) is 1.47. The van der Waals surface area contributed by atoms with Crippen molar-refractivity contribution in [1.82, 2.24) is 0 Å². The molecule has 1 heteroatoms. The van der Waals surface area contributed by atoms with Crippen molar-refractivity contribution in [2.45, 2.75) is 57.8 Å². The molecule has 0 radical (unpaired) electrons. The first-order chi connectivity index (χ1) is 7.42. The predicted molar refractivity (Wildman–Crippen MR) is 62.2 cm³/mol. The van der Waals surface area contributed by atoms with Gasteiger partial charge in [0.15, 0.2) is 0 Å². The van der Waals surface area contributed by atoms with Gasteiger partial charge >= 0.3 is 0 Å². The van der Waals surface area contributed by atoms with Gasteiger partial charge in [0.1, 0.15) is 0 Å². The minimum atomic E-state index is 0.763. The molecule has 0 heterocycles. The first-order valence-electron chi connectivity index (χ1n) is 6.50. The van der Waals surface area contributed by atoms with Crippen molar-refractivity contribution in [2.75, 3.05) is 0 Å². The second-order valence-corrected chi connectivity index (χ2v) is 5.10. The van der Waals surface area contributed by atoms with Gasteiger partial charge in [-0.2, -0.15) is 5.26 Å². The van der Waals surface area contributed by atoms with E-state index in [9.17, 15) is 0 Å². The summed E-state index contributed by atoms with van der Waals surface area (Å²) < 4.78 is 0. The Hall–Kier alpha value is -0.770. The third-order valence-electron chi connectivity index (χ3n) is 4.18. The molecule has 1 unspecified atom stereocenters. The summed E-state index contributed by atoms with van der Waals surface area (Å²) in [5.74, 6) is 1.66. The lowest BCUT2D eigenvalue weighted by atomic mass is 9.71. The zero-order valence-electron chi connectivity index (χ0n) is 9.54. The molecule has 2 fully saturated rings. The number of hydrogen-bond donors (Lipinski definition) is 0. The minimum Gasteiger partial charge on any atom is -0.193 e. The number of nitrogens with zero attached hydrogens (tertiary/aromatic N) is 1. The van der Waals surface area contributed by atoms with Crippen LogP contribution in [0, 0.1) is 23.2 Å². The van der Waals surface area contributed by atoms with Crippen molar-refractivity contribution in [2.24, 2.45) is 11.8 Å². The Morgan fingerprint density at radius 1 is 1.00 bits per heavy atom. The third kappa shape index (κ3) is 2.62. The van der Waals surface area contributed by atoms with Crippen LogP contribution in [0.1, 0.15) is 57.8 Å². The van der Waals surface area contributed by atoms with Crippen molar-refractivity contribution in [3.8, 4) is 6.07 Å². The molecule has 0 aromatic carbocycles. The molecule has 0 saturated heterocycles.